The van der Waals surface area contributed by atoms with Crippen molar-refractivity contribution < 1.29 is 9.53 Å². The predicted octanol–water partition coefficient (Wildman–Crippen LogP) is 0.938. The van der Waals surface area contributed by atoms with E-state index in [2.05, 4.69) is 17.0 Å². The summed E-state index contributed by atoms with van der Waals surface area (Å²) in [6.07, 6.45) is 3.35. The summed E-state index contributed by atoms with van der Waals surface area (Å²) in [5.74, 6) is 0.549. The fraction of sp³-hybridized carbons (Fsp3) is 0.889. The van der Waals surface area contributed by atoms with Crippen LogP contribution in [0.2, 0.25) is 0 Å². The van der Waals surface area contributed by atoms with Crippen molar-refractivity contribution in [1.29, 1.82) is 0 Å². The molecule has 0 aromatic rings. The lowest BCUT2D eigenvalue weighted by molar-refractivity contribution is -0.142. The molecule has 3 nitrogen and oxygen atoms in total. The molecule has 0 bridgehead atoms. The summed E-state index contributed by atoms with van der Waals surface area (Å²) >= 11 is 0. The molecular formula is C9H17NO2. The summed E-state index contributed by atoms with van der Waals surface area (Å²) in [6, 6.07) is -0.0495. The molecule has 1 rings (SSSR count). The van der Waals surface area contributed by atoms with Crippen molar-refractivity contribution in [3.63, 3.8) is 0 Å². The summed E-state index contributed by atoms with van der Waals surface area (Å²) in [7, 11) is 1.44. The molecule has 0 saturated carbocycles. The van der Waals surface area contributed by atoms with Gasteiger partial charge in [-0.3, -0.25) is 4.79 Å². The number of hydrogen-bond donors (Lipinski definition) is 1. The van der Waals surface area contributed by atoms with E-state index in [0.717, 1.165) is 13.0 Å². The normalized spacial score (nSPS) is 28.8. The van der Waals surface area contributed by atoms with Gasteiger partial charge in [0.2, 0.25) is 0 Å². The lowest BCUT2D eigenvalue weighted by atomic mass is 10.0. The minimum absolute atomic E-state index is 0.0495. The fourth-order valence-corrected chi connectivity index (χ4v) is 1.76. The number of rotatable bonds is 3. The smallest absolute Gasteiger partial charge is 0.322 e. The van der Waals surface area contributed by atoms with E-state index in [9.17, 15) is 4.79 Å². The summed E-state index contributed by atoms with van der Waals surface area (Å²) < 4.78 is 4.66. The Morgan fingerprint density at radius 1 is 1.67 bits per heavy atom. The Hall–Kier alpha value is -0.570. The first-order valence-electron chi connectivity index (χ1n) is 4.59. The minimum Gasteiger partial charge on any atom is -0.468 e. The van der Waals surface area contributed by atoms with E-state index >= 15 is 0 Å². The van der Waals surface area contributed by atoms with Gasteiger partial charge in [-0.1, -0.05) is 13.3 Å². The van der Waals surface area contributed by atoms with Crippen LogP contribution in [0, 0.1) is 5.92 Å². The number of hydrogen-bond acceptors (Lipinski definition) is 3. The van der Waals surface area contributed by atoms with Gasteiger partial charge in [0.05, 0.1) is 7.11 Å². The number of carbonyl (C=O) groups is 1. The van der Waals surface area contributed by atoms with Crippen LogP contribution in [0.25, 0.3) is 0 Å². The van der Waals surface area contributed by atoms with E-state index in [4.69, 9.17) is 0 Å². The van der Waals surface area contributed by atoms with Crippen molar-refractivity contribution in [3.05, 3.63) is 0 Å². The molecule has 3 heteroatoms. The molecule has 1 N–H and O–H groups in total. The highest BCUT2D eigenvalue weighted by Gasteiger charge is 2.29. The second-order valence-corrected chi connectivity index (χ2v) is 3.37. The Balaban J connectivity index is 2.30. The summed E-state index contributed by atoms with van der Waals surface area (Å²) in [6.45, 7) is 3.14. The van der Waals surface area contributed by atoms with Crippen molar-refractivity contribution in [2.24, 2.45) is 5.92 Å². The Morgan fingerprint density at radius 3 is 3.00 bits per heavy atom. The molecule has 12 heavy (non-hydrogen) atoms. The number of ether oxygens (including phenoxy) is 1. The molecule has 0 amide bonds. The largest absolute Gasteiger partial charge is 0.468 e. The Kier molecular flexibility index (Phi) is 3.53. The van der Waals surface area contributed by atoms with Gasteiger partial charge in [-0.15, -0.1) is 0 Å². The fourth-order valence-electron chi connectivity index (χ4n) is 1.76. The van der Waals surface area contributed by atoms with Gasteiger partial charge in [-0.05, 0) is 25.3 Å². The first-order chi connectivity index (χ1) is 5.77. The van der Waals surface area contributed by atoms with E-state index in [0.29, 0.717) is 5.92 Å². The zero-order valence-corrected chi connectivity index (χ0v) is 7.80. The van der Waals surface area contributed by atoms with Crippen molar-refractivity contribution in [3.8, 4) is 0 Å². The summed E-state index contributed by atoms with van der Waals surface area (Å²) in [4.78, 5) is 11.1. The second-order valence-electron chi connectivity index (χ2n) is 3.37. The van der Waals surface area contributed by atoms with Gasteiger partial charge in [-0.25, -0.2) is 0 Å². The molecule has 0 radical (unpaired) electrons. The molecule has 0 spiro atoms. The van der Waals surface area contributed by atoms with Crippen molar-refractivity contribution in [2.45, 2.75) is 32.2 Å². The lowest BCUT2D eigenvalue weighted by Gasteiger charge is -2.06. The average Bonchev–Trinajstić information content (AvgIpc) is 2.52. The minimum atomic E-state index is -0.117. The van der Waals surface area contributed by atoms with E-state index in [1.54, 1.807) is 0 Å². The third kappa shape index (κ3) is 2.21. The van der Waals surface area contributed by atoms with Crippen LogP contribution in [0.1, 0.15) is 26.2 Å². The number of nitrogens with one attached hydrogen (secondary N) is 1. The van der Waals surface area contributed by atoms with Crippen LogP contribution < -0.4 is 5.32 Å². The molecule has 0 aliphatic carbocycles. The van der Waals surface area contributed by atoms with E-state index < -0.39 is 0 Å². The van der Waals surface area contributed by atoms with E-state index in [1.807, 2.05) is 0 Å². The van der Waals surface area contributed by atoms with Gasteiger partial charge in [0.25, 0.3) is 0 Å². The Bertz CT molecular complexity index is 159. The van der Waals surface area contributed by atoms with Crippen LogP contribution in [0.15, 0.2) is 0 Å². The predicted molar refractivity (Wildman–Crippen MR) is 46.8 cm³/mol. The summed E-state index contributed by atoms with van der Waals surface area (Å²) in [5, 5.41) is 3.17. The lowest BCUT2D eigenvalue weighted by Crippen LogP contribution is -2.31. The molecule has 0 aromatic heterocycles. The molecule has 1 fully saturated rings. The zero-order valence-electron chi connectivity index (χ0n) is 7.80. The first kappa shape index (κ1) is 9.52. The maximum Gasteiger partial charge on any atom is 0.322 e. The SMILES string of the molecule is CCC[C@H]1CN[C@H](C(=O)OC)C1. The highest BCUT2D eigenvalue weighted by Crippen LogP contribution is 2.19. The second kappa shape index (κ2) is 4.45. The summed E-state index contributed by atoms with van der Waals surface area (Å²) in [5.41, 5.74) is 0. The van der Waals surface area contributed by atoms with Crippen molar-refractivity contribution in [2.75, 3.05) is 13.7 Å². The monoisotopic (exact) mass is 171 g/mol. The van der Waals surface area contributed by atoms with Crippen LogP contribution in [-0.2, 0) is 9.53 Å². The molecule has 2 atom stereocenters. The molecule has 0 unspecified atom stereocenters. The molecular weight excluding hydrogens is 154 g/mol. The van der Waals surface area contributed by atoms with E-state index in [1.165, 1.54) is 20.0 Å². The van der Waals surface area contributed by atoms with Crippen LogP contribution in [0.3, 0.4) is 0 Å². The Morgan fingerprint density at radius 2 is 2.42 bits per heavy atom. The van der Waals surface area contributed by atoms with Gasteiger partial charge in [0.1, 0.15) is 6.04 Å². The molecule has 1 aliphatic rings. The quantitative estimate of drug-likeness (QED) is 0.642. The molecule has 1 aliphatic heterocycles. The van der Waals surface area contributed by atoms with Crippen molar-refractivity contribution in [1.82, 2.24) is 5.32 Å². The van der Waals surface area contributed by atoms with Crippen LogP contribution in [0.5, 0.6) is 0 Å². The number of methoxy groups -OCH3 is 1. The van der Waals surface area contributed by atoms with Gasteiger partial charge < -0.3 is 10.1 Å². The third-order valence-electron chi connectivity index (χ3n) is 2.40. The maximum atomic E-state index is 11.1. The molecule has 0 aromatic carbocycles. The van der Waals surface area contributed by atoms with Crippen LogP contribution in [-0.4, -0.2) is 25.7 Å². The van der Waals surface area contributed by atoms with E-state index in [-0.39, 0.29) is 12.0 Å². The molecule has 70 valence electrons. The maximum absolute atomic E-state index is 11.1. The number of esters is 1. The number of carbonyl (C=O) groups excluding carboxylic acids is 1. The highest BCUT2D eigenvalue weighted by molar-refractivity contribution is 5.75. The Labute approximate surface area is 73.5 Å². The average molecular weight is 171 g/mol. The zero-order chi connectivity index (χ0) is 8.97. The standard InChI is InChI=1S/C9H17NO2/c1-3-4-7-5-8(10-6-7)9(11)12-2/h7-8,10H,3-6H2,1-2H3/t7-,8+/m1/s1. The highest BCUT2D eigenvalue weighted by atomic mass is 16.5. The molecule has 1 heterocycles. The van der Waals surface area contributed by atoms with Gasteiger partial charge in [0.15, 0.2) is 0 Å². The van der Waals surface area contributed by atoms with Gasteiger partial charge in [-0.2, -0.15) is 0 Å². The third-order valence-corrected chi connectivity index (χ3v) is 2.40. The first-order valence-corrected chi connectivity index (χ1v) is 4.59. The van der Waals surface area contributed by atoms with Gasteiger partial charge in [0, 0.05) is 0 Å². The van der Waals surface area contributed by atoms with Gasteiger partial charge >= 0.3 is 5.97 Å². The topological polar surface area (TPSA) is 38.3 Å². The van der Waals surface area contributed by atoms with Crippen molar-refractivity contribution >= 4 is 5.97 Å². The molecule has 1 saturated heterocycles. The van der Waals surface area contributed by atoms with Crippen LogP contribution in [0.4, 0.5) is 0 Å². The van der Waals surface area contributed by atoms with Crippen LogP contribution >= 0.6 is 0 Å².